The summed E-state index contributed by atoms with van der Waals surface area (Å²) >= 11 is 0. The Balaban J connectivity index is 1.76. The van der Waals surface area contributed by atoms with E-state index in [9.17, 15) is 13.2 Å². The highest BCUT2D eigenvalue weighted by Crippen LogP contribution is 2.18. The maximum absolute atomic E-state index is 11.6. The van der Waals surface area contributed by atoms with Crippen LogP contribution in [0.15, 0.2) is 16.8 Å². The molecule has 0 spiro atoms. The molecule has 0 aliphatic carbocycles. The van der Waals surface area contributed by atoms with Crippen LogP contribution in [0.2, 0.25) is 0 Å². The molecule has 1 aliphatic heterocycles. The average Bonchev–Trinajstić information content (AvgIpc) is 2.89. The Morgan fingerprint density at radius 3 is 2.74 bits per heavy atom. The lowest BCUT2D eigenvalue weighted by Crippen LogP contribution is -2.41. The van der Waals surface area contributed by atoms with Crippen molar-refractivity contribution >= 4 is 15.9 Å². The molecular weight excluding hydrogens is 270 g/mol. The molecule has 106 valence electrons. The molecule has 1 aromatic heterocycles. The molecule has 0 atom stereocenters. The first-order valence-corrected chi connectivity index (χ1v) is 7.95. The second-order valence-corrected chi connectivity index (χ2v) is 6.67. The molecule has 0 bridgehead atoms. The molecule has 1 N–H and O–H groups in total. The molecule has 2 heterocycles. The van der Waals surface area contributed by atoms with Gasteiger partial charge in [0.15, 0.2) is 0 Å². The third kappa shape index (κ3) is 3.77. The van der Waals surface area contributed by atoms with Crippen LogP contribution in [0.25, 0.3) is 0 Å². The molecule has 1 saturated heterocycles. The van der Waals surface area contributed by atoms with Gasteiger partial charge in [0, 0.05) is 25.7 Å². The Bertz CT molecular complexity index is 518. The standard InChI is InChI=1S/C11H17N3O4S/c1-19(16,17)14-6-3-9(4-7-14)8-12-11(15)10-2-5-13-18-10/h2,5,9H,3-4,6-8H2,1H3,(H,12,15). The number of hydrogen-bond acceptors (Lipinski definition) is 5. The van der Waals surface area contributed by atoms with Gasteiger partial charge >= 0.3 is 0 Å². The van der Waals surface area contributed by atoms with Crippen molar-refractivity contribution in [1.29, 1.82) is 0 Å². The monoisotopic (exact) mass is 287 g/mol. The zero-order chi connectivity index (χ0) is 13.9. The normalized spacial score (nSPS) is 18.4. The van der Waals surface area contributed by atoms with Crippen LogP contribution in [-0.2, 0) is 10.0 Å². The van der Waals surface area contributed by atoms with Crippen molar-refractivity contribution in [1.82, 2.24) is 14.8 Å². The van der Waals surface area contributed by atoms with E-state index in [1.54, 1.807) is 0 Å². The van der Waals surface area contributed by atoms with Gasteiger partial charge in [-0.2, -0.15) is 0 Å². The van der Waals surface area contributed by atoms with Crippen LogP contribution < -0.4 is 5.32 Å². The number of carbonyl (C=O) groups is 1. The van der Waals surface area contributed by atoms with Crippen LogP contribution in [0, 0.1) is 5.92 Å². The Labute approximate surface area is 112 Å². The summed E-state index contributed by atoms with van der Waals surface area (Å²) in [5.74, 6) is 0.196. The van der Waals surface area contributed by atoms with Crippen molar-refractivity contribution in [3.05, 3.63) is 18.0 Å². The van der Waals surface area contributed by atoms with Crippen molar-refractivity contribution in [3.8, 4) is 0 Å². The van der Waals surface area contributed by atoms with E-state index in [-0.39, 0.29) is 11.7 Å². The lowest BCUT2D eigenvalue weighted by Gasteiger charge is -2.30. The first-order chi connectivity index (χ1) is 8.97. The van der Waals surface area contributed by atoms with Crippen LogP contribution in [0.3, 0.4) is 0 Å². The number of carbonyl (C=O) groups excluding carboxylic acids is 1. The van der Waals surface area contributed by atoms with Crippen LogP contribution in [0.4, 0.5) is 0 Å². The number of nitrogens with one attached hydrogen (secondary N) is 1. The van der Waals surface area contributed by atoms with E-state index in [0.29, 0.717) is 25.6 Å². The summed E-state index contributed by atoms with van der Waals surface area (Å²) in [6.45, 7) is 1.56. The fourth-order valence-corrected chi connectivity index (χ4v) is 2.98. The van der Waals surface area contributed by atoms with Crippen LogP contribution in [-0.4, -0.2) is 49.7 Å². The first kappa shape index (κ1) is 14.0. The molecule has 0 unspecified atom stereocenters. The Kier molecular flexibility index (Phi) is 4.20. The highest BCUT2D eigenvalue weighted by molar-refractivity contribution is 7.88. The van der Waals surface area contributed by atoms with Crippen molar-refractivity contribution in [2.24, 2.45) is 5.92 Å². The van der Waals surface area contributed by atoms with E-state index in [0.717, 1.165) is 12.8 Å². The van der Waals surface area contributed by atoms with E-state index in [1.165, 1.54) is 22.8 Å². The largest absolute Gasteiger partial charge is 0.351 e. The summed E-state index contributed by atoms with van der Waals surface area (Å²) in [6, 6.07) is 1.50. The number of sulfonamides is 1. The van der Waals surface area contributed by atoms with Gasteiger partial charge in [-0.1, -0.05) is 5.16 Å². The third-order valence-corrected chi connectivity index (χ3v) is 4.56. The van der Waals surface area contributed by atoms with Crippen molar-refractivity contribution in [3.63, 3.8) is 0 Å². The summed E-state index contributed by atoms with van der Waals surface area (Å²) in [6.07, 6.45) is 4.14. The van der Waals surface area contributed by atoms with Gasteiger partial charge < -0.3 is 9.84 Å². The highest BCUT2D eigenvalue weighted by Gasteiger charge is 2.25. The van der Waals surface area contributed by atoms with Gasteiger partial charge in [-0.3, -0.25) is 4.79 Å². The maximum Gasteiger partial charge on any atom is 0.289 e. The topological polar surface area (TPSA) is 92.5 Å². The minimum Gasteiger partial charge on any atom is -0.351 e. The van der Waals surface area contributed by atoms with Gasteiger partial charge in [-0.05, 0) is 18.8 Å². The first-order valence-electron chi connectivity index (χ1n) is 6.11. The van der Waals surface area contributed by atoms with E-state index in [2.05, 4.69) is 10.5 Å². The van der Waals surface area contributed by atoms with Crippen molar-refractivity contribution in [2.45, 2.75) is 12.8 Å². The van der Waals surface area contributed by atoms with Crippen molar-refractivity contribution in [2.75, 3.05) is 25.9 Å². The quantitative estimate of drug-likeness (QED) is 0.846. The molecule has 19 heavy (non-hydrogen) atoms. The number of aromatic nitrogens is 1. The molecule has 0 radical (unpaired) electrons. The highest BCUT2D eigenvalue weighted by atomic mass is 32.2. The lowest BCUT2D eigenvalue weighted by atomic mass is 9.98. The maximum atomic E-state index is 11.6. The number of hydrogen-bond donors (Lipinski definition) is 1. The predicted molar refractivity (Wildman–Crippen MR) is 68.0 cm³/mol. The average molecular weight is 287 g/mol. The second kappa shape index (κ2) is 5.70. The van der Waals surface area contributed by atoms with E-state index in [4.69, 9.17) is 4.52 Å². The Morgan fingerprint density at radius 2 is 2.21 bits per heavy atom. The predicted octanol–water partition coefficient (Wildman–Crippen LogP) is 0.0760. The summed E-state index contributed by atoms with van der Waals surface area (Å²) in [4.78, 5) is 11.6. The zero-order valence-corrected chi connectivity index (χ0v) is 11.5. The van der Waals surface area contributed by atoms with Gasteiger partial charge in [0.25, 0.3) is 5.91 Å². The number of rotatable bonds is 4. The fourth-order valence-electron chi connectivity index (χ4n) is 2.10. The Hall–Kier alpha value is -1.41. The van der Waals surface area contributed by atoms with E-state index >= 15 is 0 Å². The molecule has 1 amide bonds. The molecule has 0 aromatic carbocycles. The van der Waals surface area contributed by atoms with Gasteiger partial charge in [0.1, 0.15) is 0 Å². The SMILES string of the molecule is CS(=O)(=O)N1CCC(CNC(=O)c2ccno2)CC1. The molecule has 1 fully saturated rings. The summed E-state index contributed by atoms with van der Waals surface area (Å²) in [5.41, 5.74) is 0. The smallest absolute Gasteiger partial charge is 0.289 e. The molecule has 8 heteroatoms. The molecule has 7 nitrogen and oxygen atoms in total. The molecular formula is C11H17N3O4S. The minimum absolute atomic E-state index is 0.188. The summed E-state index contributed by atoms with van der Waals surface area (Å²) in [5, 5.41) is 6.23. The number of piperidine rings is 1. The van der Waals surface area contributed by atoms with Crippen LogP contribution in [0.1, 0.15) is 23.4 Å². The number of amides is 1. The van der Waals surface area contributed by atoms with Gasteiger partial charge in [-0.15, -0.1) is 0 Å². The fraction of sp³-hybridized carbons (Fsp3) is 0.636. The zero-order valence-electron chi connectivity index (χ0n) is 10.7. The third-order valence-electron chi connectivity index (χ3n) is 3.26. The van der Waals surface area contributed by atoms with Crippen LogP contribution in [0.5, 0.6) is 0 Å². The molecule has 2 rings (SSSR count). The minimum atomic E-state index is -3.09. The number of nitrogens with zero attached hydrogens (tertiary/aromatic N) is 2. The molecule has 1 aromatic rings. The van der Waals surface area contributed by atoms with E-state index < -0.39 is 10.0 Å². The van der Waals surface area contributed by atoms with Crippen LogP contribution >= 0.6 is 0 Å². The summed E-state index contributed by atoms with van der Waals surface area (Å²) in [7, 11) is -3.09. The van der Waals surface area contributed by atoms with E-state index in [1.807, 2.05) is 0 Å². The molecule has 0 saturated carbocycles. The Morgan fingerprint density at radius 1 is 1.53 bits per heavy atom. The van der Waals surface area contributed by atoms with Gasteiger partial charge in [-0.25, -0.2) is 12.7 Å². The van der Waals surface area contributed by atoms with Crippen molar-refractivity contribution < 1.29 is 17.7 Å². The molecule has 1 aliphatic rings. The van der Waals surface area contributed by atoms with Gasteiger partial charge in [0.2, 0.25) is 15.8 Å². The second-order valence-electron chi connectivity index (χ2n) is 4.69. The lowest BCUT2D eigenvalue weighted by molar-refractivity contribution is 0.0904. The van der Waals surface area contributed by atoms with Gasteiger partial charge in [0.05, 0.1) is 12.5 Å². The summed E-state index contributed by atoms with van der Waals surface area (Å²) < 4.78 is 28.9.